The maximum atomic E-state index is 12.1. The van der Waals surface area contributed by atoms with Gasteiger partial charge < -0.3 is 5.32 Å². The van der Waals surface area contributed by atoms with Gasteiger partial charge >= 0.3 is 0 Å². The van der Waals surface area contributed by atoms with Crippen LogP contribution in [0.5, 0.6) is 0 Å². The van der Waals surface area contributed by atoms with E-state index in [1.54, 1.807) is 4.31 Å². The lowest BCUT2D eigenvalue weighted by molar-refractivity contribution is 0.261. The van der Waals surface area contributed by atoms with Gasteiger partial charge in [-0.1, -0.05) is 20.3 Å². The molecule has 1 atom stereocenters. The topological polar surface area (TPSA) is 49.4 Å². The van der Waals surface area contributed by atoms with E-state index in [1.165, 1.54) is 6.42 Å². The van der Waals surface area contributed by atoms with Crippen LogP contribution in [-0.4, -0.2) is 44.7 Å². The average molecular weight is 262 g/mol. The molecule has 0 aromatic rings. The van der Waals surface area contributed by atoms with E-state index in [9.17, 15) is 8.42 Å². The van der Waals surface area contributed by atoms with E-state index in [0.29, 0.717) is 19.0 Å². The zero-order valence-corrected chi connectivity index (χ0v) is 11.9. The second-order valence-corrected chi connectivity index (χ2v) is 6.93. The average Bonchev–Trinajstić information content (AvgIpc) is 2.35. The van der Waals surface area contributed by atoms with Crippen LogP contribution in [0.25, 0.3) is 0 Å². The summed E-state index contributed by atoms with van der Waals surface area (Å²) < 4.78 is 25.9. The number of hydrogen-bond donors (Lipinski definition) is 1. The first kappa shape index (κ1) is 14.9. The van der Waals surface area contributed by atoms with Crippen molar-refractivity contribution in [1.29, 1.82) is 0 Å². The number of piperidine rings is 1. The Morgan fingerprint density at radius 3 is 2.71 bits per heavy atom. The van der Waals surface area contributed by atoms with Gasteiger partial charge in [0, 0.05) is 19.6 Å². The first-order valence-electron chi connectivity index (χ1n) is 6.78. The standard InChI is InChI=1S/C12H26N2O2S/c1-3-7-13-8-10-17(15,16)14-9-5-6-12(4-2)11-14/h12-13H,3-11H2,1-2H3. The third-order valence-corrected chi connectivity index (χ3v) is 5.25. The fourth-order valence-electron chi connectivity index (χ4n) is 2.24. The van der Waals surface area contributed by atoms with Crippen LogP contribution in [0, 0.1) is 5.92 Å². The van der Waals surface area contributed by atoms with Crippen LogP contribution in [-0.2, 0) is 10.0 Å². The Morgan fingerprint density at radius 2 is 2.06 bits per heavy atom. The molecule has 0 spiro atoms. The maximum Gasteiger partial charge on any atom is 0.215 e. The van der Waals surface area contributed by atoms with Crippen molar-refractivity contribution < 1.29 is 8.42 Å². The lowest BCUT2D eigenvalue weighted by Gasteiger charge is -2.31. The summed E-state index contributed by atoms with van der Waals surface area (Å²) in [6, 6.07) is 0. The number of nitrogens with one attached hydrogen (secondary N) is 1. The highest BCUT2D eigenvalue weighted by Gasteiger charge is 2.27. The second kappa shape index (κ2) is 7.34. The van der Waals surface area contributed by atoms with E-state index in [2.05, 4.69) is 19.2 Å². The van der Waals surface area contributed by atoms with E-state index in [-0.39, 0.29) is 5.75 Å². The predicted octanol–water partition coefficient (Wildman–Crippen LogP) is 1.44. The largest absolute Gasteiger partial charge is 0.316 e. The smallest absolute Gasteiger partial charge is 0.215 e. The van der Waals surface area contributed by atoms with Crippen molar-refractivity contribution in [2.24, 2.45) is 5.92 Å². The molecule has 0 aromatic heterocycles. The molecular weight excluding hydrogens is 236 g/mol. The molecule has 1 N–H and O–H groups in total. The van der Waals surface area contributed by atoms with E-state index in [0.717, 1.165) is 32.4 Å². The predicted molar refractivity (Wildman–Crippen MR) is 71.5 cm³/mol. The van der Waals surface area contributed by atoms with Gasteiger partial charge in [0.25, 0.3) is 0 Å². The number of sulfonamides is 1. The van der Waals surface area contributed by atoms with Gasteiger partial charge in [0.05, 0.1) is 5.75 Å². The summed E-state index contributed by atoms with van der Waals surface area (Å²) in [4.78, 5) is 0. The summed E-state index contributed by atoms with van der Waals surface area (Å²) in [5, 5.41) is 3.15. The molecule has 1 rings (SSSR count). The highest BCUT2D eigenvalue weighted by Crippen LogP contribution is 2.21. The summed E-state index contributed by atoms with van der Waals surface area (Å²) >= 11 is 0. The molecule has 0 amide bonds. The molecule has 0 saturated carbocycles. The molecule has 1 heterocycles. The van der Waals surface area contributed by atoms with Crippen LogP contribution in [0.3, 0.4) is 0 Å². The third kappa shape index (κ3) is 4.94. The Labute approximate surface area is 106 Å². The number of hydrogen-bond acceptors (Lipinski definition) is 3. The van der Waals surface area contributed by atoms with Crippen molar-refractivity contribution >= 4 is 10.0 Å². The van der Waals surface area contributed by atoms with Gasteiger partial charge in [-0.05, 0) is 31.7 Å². The van der Waals surface area contributed by atoms with Crippen molar-refractivity contribution in [2.75, 3.05) is 31.9 Å². The molecule has 0 aliphatic carbocycles. The second-order valence-electron chi connectivity index (χ2n) is 4.84. The van der Waals surface area contributed by atoms with Gasteiger partial charge in [0.1, 0.15) is 0 Å². The monoisotopic (exact) mass is 262 g/mol. The molecule has 4 nitrogen and oxygen atoms in total. The van der Waals surface area contributed by atoms with Crippen LogP contribution < -0.4 is 5.32 Å². The molecule has 0 aromatic carbocycles. The van der Waals surface area contributed by atoms with Gasteiger partial charge in [0.2, 0.25) is 10.0 Å². The SMILES string of the molecule is CCCNCCS(=O)(=O)N1CCCC(CC)C1. The summed E-state index contributed by atoms with van der Waals surface area (Å²) in [5.74, 6) is 0.797. The molecule has 17 heavy (non-hydrogen) atoms. The zero-order chi connectivity index (χ0) is 12.7. The Bertz CT molecular complexity index is 304. The van der Waals surface area contributed by atoms with Gasteiger partial charge in [-0.2, -0.15) is 0 Å². The van der Waals surface area contributed by atoms with Crippen LogP contribution in [0.1, 0.15) is 39.5 Å². The Balaban J connectivity index is 2.40. The normalized spacial score (nSPS) is 22.8. The molecule has 102 valence electrons. The fourth-order valence-corrected chi connectivity index (χ4v) is 3.75. The van der Waals surface area contributed by atoms with E-state index in [4.69, 9.17) is 0 Å². The number of nitrogens with zero attached hydrogens (tertiary/aromatic N) is 1. The molecule has 0 bridgehead atoms. The first-order chi connectivity index (χ1) is 8.10. The zero-order valence-electron chi connectivity index (χ0n) is 11.1. The van der Waals surface area contributed by atoms with E-state index in [1.807, 2.05) is 0 Å². The van der Waals surface area contributed by atoms with Crippen LogP contribution >= 0.6 is 0 Å². The molecule has 1 aliphatic rings. The molecule has 1 saturated heterocycles. The van der Waals surface area contributed by atoms with E-state index >= 15 is 0 Å². The van der Waals surface area contributed by atoms with Crippen LogP contribution in [0.4, 0.5) is 0 Å². The van der Waals surface area contributed by atoms with Gasteiger partial charge in [-0.15, -0.1) is 0 Å². The van der Waals surface area contributed by atoms with Crippen molar-refractivity contribution in [2.45, 2.75) is 39.5 Å². The molecule has 0 radical (unpaired) electrons. The number of rotatable bonds is 7. The van der Waals surface area contributed by atoms with E-state index < -0.39 is 10.0 Å². The first-order valence-corrected chi connectivity index (χ1v) is 8.39. The maximum absolute atomic E-state index is 12.1. The molecule has 1 aliphatic heterocycles. The Kier molecular flexibility index (Phi) is 6.44. The Morgan fingerprint density at radius 1 is 1.29 bits per heavy atom. The molecular formula is C12H26N2O2S. The van der Waals surface area contributed by atoms with Crippen LogP contribution in [0.15, 0.2) is 0 Å². The highest BCUT2D eigenvalue weighted by molar-refractivity contribution is 7.89. The summed E-state index contributed by atoms with van der Waals surface area (Å²) in [6.07, 6.45) is 4.32. The van der Waals surface area contributed by atoms with Crippen molar-refractivity contribution in [3.05, 3.63) is 0 Å². The lowest BCUT2D eigenvalue weighted by Crippen LogP contribution is -2.42. The van der Waals surface area contributed by atoms with Gasteiger partial charge in [0.15, 0.2) is 0 Å². The lowest BCUT2D eigenvalue weighted by atomic mass is 9.97. The third-order valence-electron chi connectivity index (χ3n) is 3.42. The minimum absolute atomic E-state index is 0.240. The highest BCUT2D eigenvalue weighted by atomic mass is 32.2. The fraction of sp³-hybridized carbons (Fsp3) is 1.00. The summed E-state index contributed by atoms with van der Waals surface area (Å²) in [6.45, 7) is 7.14. The summed E-state index contributed by atoms with van der Waals surface area (Å²) in [5.41, 5.74) is 0. The van der Waals surface area contributed by atoms with Crippen molar-refractivity contribution in [1.82, 2.24) is 9.62 Å². The molecule has 1 fully saturated rings. The summed E-state index contributed by atoms with van der Waals surface area (Å²) in [7, 11) is -3.04. The quantitative estimate of drug-likeness (QED) is 0.706. The van der Waals surface area contributed by atoms with Gasteiger partial charge in [-0.25, -0.2) is 12.7 Å². The Hall–Kier alpha value is -0.130. The molecule has 5 heteroatoms. The minimum atomic E-state index is -3.04. The van der Waals surface area contributed by atoms with Crippen LogP contribution in [0.2, 0.25) is 0 Å². The van der Waals surface area contributed by atoms with Crippen molar-refractivity contribution in [3.63, 3.8) is 0 Å². The minimum Gasteiger partial charge on any atom is -0.316 e. The van der Waals surface area contributed by atoms with Gasteiger partial charge in [-0.3, -0.25) is 0 Å². The van der Waals surface area contributed by atoms with Crippen molar-refractivity contribution in [3.8, 4) is 0 Å². The molecule has 1 unspecified atom stereocenters.